The Labute approximate surface area is 71.0 Å². The van der Waals surface area contributed by atoms with Gasteiger partial charge in [0, 0.05) is 18.8 Å². The van der Waals surface area contributed by atoms with Gasteiger partial charge in [-0.1, -0.05) is 6.07 Å². The van der Waals surface area contributed by atoms with Crippen molar-refractivity contribution in [3.63, 3.8) is 0 Å². The third kappa shape index (κ3) is 2.45. The van der Waals surface area contributed by atoms with Crippen LogP contribution in [0.5, 0.6) is 5.75 Å². The third-order valence-corrected chi connectivity index (χ3v) is 1.36. The molecule has 64 valence electrons. The van der Waals surface area contributed by atoms with Crippen molar-refractivity contribution in [1.82, 2.24) is 0 Å². The normalized spacial score (nSPS) is 9.25. The summed E-state index contributed by atoms with van der Waals surface area (Å²) >= 11 is 0. The van der Waals surface area contributed by atoms with Crippen LogP contribution in [0.2, 0.25) is 0 Å². The molecule has 0 heterocycles. The highest BCUT2D eigenvalue weighted by Gasteiger charge is 2.10. The number of hydrogen-bond acceptors (Lipinski definition) is 4. The molecule has 1 aromatic carbocycles. The van der Waals surface area contributed by atoms with Crippen molar-refractivity contribution in [2.45, 2.75) is 0 Å². The molecule has 0 aliphatic heterocycles. The van der Waals surface area contributed by atoms with Gasteiger partial charge in [-0.2, -0.15) is 0 Å². The van der Waals surface area contributed by atoms with Crippen LogP contribution in [-0.4, -0.2) is 24.4 Å². The molecule has 12 heavy (non-hydrogen) atoms. The molecular formula is C7H10BNO3. The van der Waals surface area contributed by atoms with Gasteiger partial charge >= 0.3 is 7.32 Å². The first-order valence-corrected chi connectivity index (χ1v) is 3.53. The van der Waals surface area contributed by atoms with E-state index in [1.54, 1.807) is 25.2 Å². The Bertz CT molecular complexity index is 254. The molecule has 4 nitrogen and oxygen atoms in total. The molecule has 0 aliphatic carbocycles. The van der Waals surface area contributed by atoms with Crippen molar-refractivity contribution in [1.29, 1.82) is 0 Å². The van der Waals surface area contributed by atoms with E-state index >= 15 is 0 Å². The van der Waals surface area contributed by atoms with Crippen molar-refractivity contribution in [2.75, 3.05) is 12.4 Å². The molecule has 0 amide bonds. The maximum atomic E-state index is 8.48. The second-order valence-electron chi connectivity index (χ2n) is 2.22. The van der Waals surface area contributed by atoms with E-state index in [4.69, 9.17) is 10.0 Å². The molecule has 0 aliphatic rings. The second kappa shape index (κ2) is 3.99. The highest BCUT2D eigenvalue weighted by Crippen LogP contribution is 2.16. The van der Waals surface area contributed by atoms with E-state index in [0.29, 0.717) is 5.75 Å². The molecule has 0 aromatic heterocycles. The average molecular weight is 167 g/mol. The fourth-order valence-corrected chi connectivity index (χ4v) is 0.847. The zero-order valence-corrected chi connectivity index (χ0v) is 6.69. The minimum absolute atomic E-state index is 0.414. The molecule has 3 N–H and O–H groups in total. The lowest BCUT2D eigenvalue weighted by Gasteiger charge is -2.05. The van der Waals surface area contributed by atoms with Gasteiger partial charge in [-0.15, -0.1) is 0 Å². The van der Waals surface area contributed by atoms with Crippen molar-refractivity contribution in [3.05, 3.63) is 24.3 Å². The molecule has 0 unspecified atom stereocenters. The topological polar surface area (TPSA) is 61.7 Å². The minimum atomic E-state index is -1.77. The lowest BCUT2D eigenvalue weighted by molar-refractivity contribution is 0.288. The number of rotatable bonds is 3. The molecule has 0 spiro atoms. The summed E-state index contributed by atoms with van der Waals surface area (Å²) in [5.74, 6) is 0.414. The third-order valence-electron chi connectivity index (χ3n) is 1.36. The zero-order valence-electron chi connectivity index (χ0n) is 6.69. The van der Waals surface area contributed by atoms with Crippen LogP contribution < -0.4 is 9.97 Å². The maximum absolute atomic E-state index is 8.48. The Kier molecular flexibility index (Phi) is 2.96. The van der Waals surface area contributed by atoms with Gasteiger partial charge in [-0.05, 0) is 12.1 Å². The number of benzene rings is 1. The molecule has 1 aromatic rings. The van der Waals surface area contributed by atoms with Crippen molar-refractivity contribution in [2.24, 2.45) is 0 Å². The fourth-order valence-electron chi connectivity index (χ4n) is 0.847. The van der Waals surface area contributed by atoms with E-state index in [0.717, 1.165) is 5.69 Å². The predicted octanol–water partition coefficient (Wildman–Crippen LogP) is 0.0766. The monoisotopic (exact) mass is 167 g/mol. The summed E-state index contributed by atoms with van der Waals surface area (Å²) in [4.78, 5) is 0. The number of nitrogens with one attached hydrogen (secondary N) is 1. The first-order valence-electron chi connectivity index (χ1n) is 3.53. The van der Waals surface area contributed by atoms with Gasteiger partial charge in [-0.3, -0.25) is 0 Å². The van der Waals surface area contributed by atoms with Gasteiger partial charge in [0.15, 0.2) is 0 Å². The Morgan fingerprint density at radius 1 is 1.42 bits per heavy atom. The summed E-state index contributed by atoms with van der Waals surface area (Å²) in [5.41, 5.74) is 0.855. The standard InChI is InChI=1S/C7H10BNO3/c1-9-6-3-2-4-7(5-6)12-8(10)11/h2-5,9-11H,1H3. The summed E-state index contributed by atoms with van der Waals surface area (Å²) in [6.07, 6.45) is 0. The van der Waals surface area contributed by atoms with Crippen molar-refractivity contribution < 1.29 is 14.7 Å². The highest BCUT2D eigenvalue weighted by molar-refractivity contribution is 6.33. The van der Waals surface area contributed by atoms with E-state index in [1.807, 2.05) is 6.07 Å². The highest BCUT2D eigenvalue weighted by atomic mass is 16.6. The van der Waals surface area contributed by atoms with Gasteiger partial charge in [0.1, 0.15) is 5.75 Å². The van der Waals surface area contributed by atoms with Crippen LogP contribution in [0.15, 0.2) is 24.3 Å². The summed E-state index contributed by atoms with van der Waals surface area (Å²) in [7, 11) is 0.00574. The molecule has 0 atom stereocenters. The van der Waals surface area contributed by atoms with E-state index < -0.39 is 7.32 Å². The Morgan fingerprint density at radius 3 is 2.75 bits per heavy atom. The largest absolute Gasteiger partial charge is 0.707 e. The molecule has 0 radical (unpaired) electrons. The van der Waals surface area contributed by atoms with E-state index in [2.05, 4.69) is 9.97 Å². The van der Waals surface area contributed by atoms with Crippen molar-refractivity contribution in [3.8, 4) is 5.75 Å². The smallest absolute Gasteiger partial charge is 0.512 e. The van der Waals surface area contributed by atoms with E-state index in [-0.39, 0.29) is 0 Å². The summed E-state index contributed by atoms with van der Waals surface area (Å²) in [5, 5.41) is 19.9. The van der Waals surface area contributed by atoms with Crippen LogP contribution in [0.25, 0.3) is 0 Å². The Morgan fingerprint density at radius 2 is 2.17 bits per heavy atom. The van der Waals surface area contributed by atoms with Crippen LogP contribution in [0, 0.1) is 0 Å². The SMILES string of the molecule is CNc1cccc(OB(O)O)c1. The molecule has 0 saturated heterocycles. The molecule has 5 heteroatoms. The van der Waals surface area contributed by atoms with Crippen LogP contribution in [0.1, 0.15) is 0 Å². The Balaban J connectivity index is 2.72. The van der Waals surface area contributed by atoms with Crippen LogP contribution in [0.3, 0.4) is 0 Å². The minimum Gasteiger partial charge on any atom is -0.512 e. The van der Waals surface area contributed by atoms with Gasteiger partial charge in [0.05, 0.1) is 0 Å². The van der Waals surface area contributed by atoms with Crippen LogP contribution >= 0.6 is 0 Å². The summed E-state index contributed by atoms with van der Waals surface area (Å²) in [6, 6.07) is 6.90. The Hall–Kier alpha value is -1.20. The maximum Gasteiger partial charge on any atom is 0.707 e. The average Bonchev–Trinajstić information content (AvgIpc) is 2.03. The fraction of sp³-hybridized carbons (Fsp3) is 0.143. The number of anilines is 1. The lowest BCUT2D eigenvalue weighted by atomic mass is 10.2. The van der Waals surface area contributed by atoms with Gasteiger partial charge < -0.3 is 20.0 Å². The molecule has 0 saturated carbocycles. The number of hydrogen-bond donors (Lipinski definition) is 3. The first-order chi connectivity index (χ1) is 5.72. The predicted molar refractivity (Wildman–Crippen MR) is 46.8 cm³/mol. The lowest BCUT2D eigenvalue weighted by Crippen LogP contribution is -2.20. The quantitative estimate of drug-likeness (QED) is 0.557. The zero-order chi connectivity index (χ0) is 8.97. The second-order valence-corrected chi connectivity index (χ2v) is 2.22. The summed E-state index contributed by atoms with van der Waals surface area (Å²) in [6.45, 7) is 0. The van der Waals surface area contributed by atoms with Gasteiger partial charge in [-0.25, -0.2) is 0 Å². The van der Waals surface area contributed by atoms with E-state index in [1.165, 1.54) is 0 Å². The van der Waals surface area contributed by atoms with Crippen LogP contribution in [-0.2, 0) is 0 Å². The summed E-state index contributed by atoms with van der Waals surface area (Å²) < 4.78 is 4.63. The van der Waals surface area contributed by atoms with E-state index in [9.17, 15) is 0 Å². The molecule has 0 fully saturated rings. The van der Waals surface area contributed by atoms with Gasteiger partial charge in [0.2, 0.25) is 0 Å². The van der Waals surface area contributed by atoms with Gasteiger partial charge in [0.25, 0.3) is 0 Å². The van der Waals surface area contributed by atoms with Crippen LogP contribution in [0.4, 0.5) is 5.69 Å². The van der Waals surface area contributed by atoms with Crippen molar-refractivity contribution >= 4 is 13.0 Å². The first kappa shape index (κ1) is 8.90. The molecular weight excluding hydrogens is 157 g/mol. The molecule has 1 rings (SSSR count). The molecule has 0 bridgehead atoms.